The normalized spacial score (nSPS) is 14.6. The molecule has 1 aromatic heterocycles. The maximum absolute atomic E-state index is 13.3. The van der Waals surface area contributed by atoms with Crippen molar-refractivity contribution in [1.29, 1.82) is 0 Å². The van der Waals surface area contributed by atoms with E-state index < -0.39 is 11.7 Å². The smallest absolute Gasteiger partial charge is 0.393 e. The predicted octanol–water partition coefficient (Wildman–Crippen LogP) is 4.29. The fraction of sp³-hybridized carbons (Fsp3) is 0.238. The first-order valence-electron chi connectivity index (χ1n) is 9.62. The van der Waals surface area contributed by atoms with Crippen molar-refractivity contribution >= 4 is 28.7 Å². The van der Waals surface area contributed by atoms with Gasteiger partial charge in [0.15, 0.2) is 11.6 Å². The van der Waals surface area contributed by atoms with E-state index in [2.05, 4.69) is 20.2 Å². The third-order valence-corrected chi connectivity index (χ3v) is 5.12. The maximum Gasteiger partial charge on any atom is 0.418 e. The molecule has 0 amide bonds. The highest BCUT2D eigenvalue weighted by Crippen LogP contribution is 2.37. The molecule has 0 atom stereocenters. The van der Waals surface area contributed by atoms with E-state index in [9.17, 15) is 17.6 Å². The monoisotopic (exact) mass is 432 g/mol. The quantitative estimate of drug-likeness (QED) is 0.600. The topological polar surface area (TPSA) is 70.3 Å². The number of halogens is 4. The lowest BCUT2D eigenvalue weighted by Crippen LogP contribution is -2.47. The fourth-order valence-corrected chi connectivity index (χ4v) is 3.53. The van der Waals surface area contributed by atoms with Gasteiger partial charge in [-0.2, -0.15) is 13.2 Å². The minimum absolute atomic E-state index is 0.114. The number of nitrogens with two attached hydrogens (primary N) is 1. The molecule has 1 aliphatic heterocycles. The molecule has 31 heavy (non-hydrogen) atoms. The van der Waals surface area contributed by atoms with Gasteiger partial charge in [-0.05, 0) is 36.4 Å². The second kappa shape index (κ2) is 8.29. The van der Waals surface area contributed by atoms with Gasteiger partial charge in [0.05, 0.1) is 11.3 Å². The van der Waals surface area contributed by atoms with Gasteiger partial charge in [0, 0.05) is 31.9 Å². The number of nitrogens with zero attached hydrogens (tertiary/aromatic N) is 4. The van der Waals surface area contributed by atoms with E-state index >= 15 is 0 Å². The molecule has 0 bridgehead atoms. The molecule has 3 N–H and O–H groups in total. The van der Waals surface area contributed by atoms with Crippen molar-refractivity contribution in [2.24, 2.45) is 0 Å². The van der Waals surface area contributed by atoms with E-state index in [0.29, 0.717) is 32.0 Å². The number of nitrogens with one attached hydrogen (secondary N) is 1. The molecular weight excluding hydrogens is 412 g/mol. The van der Waals surface area contributed by atoms with Crippen molar-refractivity contribution in [3.8, 4) is 0 Å². The van der Waals surface area contributed by atoms with Gasteiger partial charge in [-0.15, -0.1) is 0 Å². The lowest BCUT2D eigenvalue weighted by Gasteiger charge is -2.37. The minimum atomic E-state index is -4.51. The molecular formula is C21H20F4N6. The SMILES string of the molecule is Nc1c(Nc2ccccc2C(F)(F)F)ncnc1N1CCN(c2ccc(F)cc2)CC1. The van der Waals surface area contributed by atoms with Gasteiger partial charge in [0.25, 0.3) is 0 Å². The largest absolute Gasteiger partial charge is 0.418 e. The third kappa shape index (κ3) is 4.47. The van der Waals surface area contributed by atoms with Crippen LogP contribution in [0.4, 0.5) is 46.3 Å². The highest BCUT2D eigenvalue weighted by Gasteiger charge is 2.33. The first-order valence-corrected chi connectivity index (χ1v) is 9.62. The number of alkyl halides is 3. The molecule has 2 aromatic carbocycles. The van der Waals surface area contributed by atoms with Crippen molar-refractivity contribution in [3.63, 3.8) is 0 Å². The second-order valence-corrected chi connectivity index (χ2v) is 7.08. The summed E-state index contributed by atoms with van der Waals surface area (Å²) in [5.41, 5.74) is 6.38. The van der Waals surface area contributed by atoms with Crippen LogP contribution in [0.5, 0.6) is 0 Å². The summed E-state index contributed by atoms with van der Waals surface area (Å²) in [4.78, 5) is 12.4. The Labute approximate surface area is 176 Å². The Morgan fingerprint density at radius 3 is 2.19 bits per heavy atom. The van der Waals surface area contributed by atoms with Crippen LogP contribution in [0.15, 0.2) is 54.9 Å². The van der Waals surface area contributed by atoms with Crippen LogP contribution in [0.25, 0.3) is 0 Å². The van der Waals surface area contributed by atoms with Gasteiger partial charge in [-0.25, -0.2) is 14.4 Å². The molecule has 1 aliphatic rings. The highest BCUT2D eigenvalue weighted by atomic mass is 19.4. The molecule has 2 heterocycles. The Balaban J connectivity index is 1.51. The van der Waals surface area contributed by atoms with Gasteiger partial charge in [-0.3, -0.25) is 0 Å². The molecule has 0 aliphatic carbocycles. The molecule has 1 fully saturated rings. The van der Waals surface area contributed by atoms with Gasteiger partial charge in [0.2, 0.25) is 0 Å². The van der Waals surface area contributed by atoms with Crippen LogP contribution in [-0.4, -0.2) is 36.1 Å². The molecule has 162 valence electrons. The van der Waals surface area contributed by atoms with Crippen LogP contribution in [0.3, 0.4) is 0 Å². The molecule has 6 nitrogen and oxygen atoms in total. The minimum Gasteiger partial charge on any atom is -0.393 e. The van der Waals surface area contributed by atoms with Gasteiger partial charge >= 0.3 is 6.18 Å². The lowest BCUT2D eigenvalue weighted by atomic mass is 10.1. The summed E-state index contributed by atoms with van der Waals surface area (Å²) in [6.45, 7) is 2.51. The first-order chi connectivity index (χ1) is 14.8. The van der Waals surface area contributed by atoms with E-state index in [0.717, 1.165) is 11.8 Å². The van der Waals surface area contributed by atoms with Crippen LogP contribution in [0.1, 0.15) is 5.56 Å². The highest BCUT2D eigenvalue weighted by molar-refractivity contribution is 5.79. The van der Waals surface area contributed by atoms with E-state index in [1.165, 1.54) is 36.7 Å². The number of nitrogen functional groups attached to an aromatic ring is 1. The van der Waals surface area contributed by atoms with Crippen molar-refractivity contribution in [2.75, 3.05) is 47.0 Å². The molecule has 0 unspecified atom stereocenters. The number of aromatic nitrogens is 2. The van der Waals surface area contributed by atoms with E-state index in [1.807, 2.05) is 4.90 Å². The molecule has 4 rings (SSSR count). The number of hydrogen-bond acceptors (Lipinski definition) is 6. The van der Waals surface area contributed by atoms with Crippen LogP contribution < -0.4 is 20.9 Å². The van der Waals surface area contributed by atoms with E-state index in [-0.39, 0.29) is 23.0 Å². The summed E-state index contributed by atoms with van der Waals surface area (Å²) in [6, 6.07) is 11.4. The van der Waals surface area contributed by atoms with E-state index in [1.54, 1.807) is 12.1 Å². The maximum atomic E-state index is 13.3. The van der Waals surface area contributed by atoms with Crippen molar-refractivity contribution in [3.05, 3.63) is 66.2 Å². The summed E-state index contributed by atoms with van der Waals surface area (Å²) >= 11 is 0. The van der Waals surface area contributed by atoms with Gasteiger partial charge < -0.3 is 20.9 Å². The Hall–Kier alpha value is -3.56. The molecule has 3 aromatic rings. The summed E-state index contributed by atoms with van der Waals surface area (Å²) in [5, 5.41) is 2.70. The average Bonchev–Trinajstić information content (AvgIpc) is 2.76. The fourth-order valence-electron chi connectivity index (χ4n) is 3.53. The molecule has 0 spiro atoms. The van der Waals surface area contributed by atoms with Crippen LogP contribution in [0, 0.1) is 5.82 Å². The first kappa shape index (κ1) is 20.7. The van der Waals surface area contributed by atoms with Crippen molar-refractivity contribution in [1.82, 2.24) is 9.97 Å². The Kier molecular flexibility index (Phi) is 5.53. The van der Waals surface area contributed by atoms with Gasteiger partial charge in [-0.1, -0.05) is 12.1 Å². The summed E-state index contributed by atoms with van der Waals surface area (Å²) in [7, 11) is 0. The Morgan fingerprint density at radius 1 is 0.871 bits per heavy atom. The lowest BCUT2D eigenvalue weighted by molar-refractivity contribution is -0.136. The molecule has 1 saturated heterocycles. The summed E-state index contributed by atoms with van der Waals surface area (Å²) < 4.78 is 53.0. The van der Waals surface area contributed by atoms with Crippen LogP contribution >= 0.6 is 0 Å². The summed E-state index contributed by atoms with van der Waals surface area (Å²) in [5.74, 6) is 0.284. The summed E-state index contributed by atoms with van der Waals surface area (Å²) in [6.07, 6.45) is -3.23. The number of anilines is 5. The molecule has 0 radical (unpaired) electrons. The number of para-hydroxylation sites is 1. The number of hydrogen-bond donors (Lipinski definition) is 2. The standard InChI is InChI=1S/C21H20F4N6/c22-14-5-7-15(8-6-14)30-9-11-31(12-10-30)20-18(26)19(27-13-28-20)29-17-4-2-1-3-16(17)21(23,24)25/h1-8,13H,9-12,26H2,(H,27,28,29). The third-order valence-electron chi connectivity index (χ3n) is 5.12. The zero-order valence-electron chi connectivity index (χ0n) is 16.4. The van der Waals surface area contributed by atoms with Crippen LogP contribution in [0.2, 0.25) is 0 Å². The van der Waals surface area contributed by atoms with Gasteiger partial charge in [0.1, 0.15) is 17.8 Å². The zero-order valence-corrected chi connectivity index (χ0v) is 16.4. The molecule has 0 saturated carbocycles. The van der Waals surface area contributed by atoms with Crippen molar-refractivity contribution in [2.45, 2.75) is 6.18 Å². The van der Waals surface area contributed by atoms with Crippen molar-refractivity contribution < 1.29 is 17.6 Å². The second-order valence-electron chi connectivity index (χ2n) is 7.08. The Bertz CT molecular complexity index is 1050. The molecule has 10 heteroatoms. The predicted molar refractivity (Wildman–Crippen MR) is 112 cm³/mol. The number of rotatable bonds is 4. The number of benzene rings is 2. The zero-order chi connectivity index (χ0) is 22.0. The van der Waals surface area contributed by atoms with E-state index in [4.69, 9.17) is 5.73 Å². The Morgan fingerprint density at radius 2 is 1.52 bits per heavy atom. The number of piperazine rings is 1. The average molecular weight is 432 g/mol. The van der Waals surface area contributed by atoms with Crippen LogP contribution in [-0.2, 0) is 6.18 Å².